The van der Waals surface area contributed by atoms with Crippen LogP contribution in [0.25, 0.3) is 22.3 Å². The average molecular weight is 410 g/mol. The van der Waals surface area contributed by atoms with Gasteiger partial charge >= 0.3 is 0 Å². The molecule has 0 atom stereocenters. The summed E-state index contributed by atoms with van der Waals surface area (Å²) >= 11 is 1.52. The number of halogens is 2. The van der Waals surface area contributed by atoms with Crippen LogP contribution < -0.4 is 0 Å². The third-order valence-electron chi connectivity index (χ3n) is 4.43. The van der Waals surface area contributed by atoms with Gasteiger partial charge in [0.05, 0.1) is 18.0 Å². The zero-order chi connectivity index (χ0) is 20.5. The Morgan fingerprint density at radius 3 is 2.52 bits per heavy atom. The monoisotopic (exact) mass is 410 g/mol. The Bertz CT molecular complexity index is 1220. The number of hydrogen-bond acceptors (Lipinski definition) is 4. The van der Waals surface area contributed by atoms with Crippen molar-refractivity contribution >= 4 is 28.2 Å². The lowest BCUT2D eigenvalue weighted by molar-refractivity contribution is 0.104. The number of ketones is 1. The highest BCUT2D eigenvalue weighted by atomic mass is 32.1. The molecule has 29 heavy (non-hydrogen) atoms. The molecule has 4 nitrogen and oxygen atoms in total. The van der Waals surface area contributed by atoms with Crippen LogP contribution in [0.15, 0.2) is 54.7 Å². The van der Waals surface area contributed by atoms with Gasteiger partial charge < -0.3 is 5.11 Å². The average Bonchev–Trinajstić information content (AvgIpc) is 3.21. The van der Waals surface area contributed by atoms with Crippen LogP contribution in [0.5, 0.6) is 0 Å². The molecule has 0 aliphatic heterocycles. The van der Waals surface area contributed by atoms with Gasteiger partial charge in [0.1, 0.15) is 11.6 Å². The number of thiazole rings is 1. The highest BCUT2D eigenvalue weighted by molar-refractivity contribution is 7.17. The first-order valence-corrected chi connectivity index (χ1v) is 9.63. The van der Waals surface area contributed by atoms with E-state index in [1.165, 1.54) is 17.4 Å². The second-order valence-corrected chi connectivity index (χ2v) is 7.76. The van der Waals surface area contributed by atoms with Gasteiger partial charge in [0.15, 0.2) is 10.7 Å². The number of aliphatic hydroxyl groups is 1. The van der Waals surface area contributed by atoms with Crippen molar-refractivity contribution in [2.24, 2.45) is 0 Å². The summed E-state index contributed by atoms with van der Waals surface area (Å²) in [5.74, 6) is -2.11. The highest BCUT2D eigenvalue weighted by Crippen LogP contribution is 2.29. The molecule has 2 heterocycles. The Kier molecular flexibility index (Phi) is 5.08. The lowest BCUT2D eigenvalue weighted by Gasteiger charge is -2.02. The molecule has 0 amide bonds. The van der Waals surface area contributed by atoms with Crippen LogP contribution in [-0.2, 0) is 6.61 Å². The van der Waals surface area contributed by atoms with Gasteiger partial charge in [-0.15, -0.1) is 11.3 Å². The predicted molar refractivity (Wildman–Crippen MR) is 109 cm³/mol. The normalized spacial score (nSPS) is 11.6. The standard InChI is InChI=1S/C22H16F2N2O2S/c1-13-11-26-19(6-7-20(28)16-8-17(23)10-18(24)9-16)21(25-22(26)29-13)15-4-2-14(12-27)3-5-15/h2-11,27H,12H2,1H3. The Balaban J connectivity index is 1.76. The van der Waals surface area contributed by atoms with Crippen molar-refractivity contribution in [3.63, 3.8) is 0 Å². The second-order valence-electron chi connectivity index (χ2n) is 6.55. The number of benzene rings is 2. The van der Waals surface area contributed by atoms with Crippen molar-refractivity contribution < 1.29 is 18.7 Å². The molecule has 4 rings (SSSR count). The number of hydrogen-bond donors (Lipinski definition) is 1. The molecule has 0 spiro atoms. The minimum absolute atomic E-state index is 0.0524. The Hall–Kier alpha value is -3.16. The minimum Gasteiger partial charge on any atom is -0.392 e. The Morgan fingerprint density at radius 1 is 1.17 bits per heavy atom. The smallest absolute Gasteiger partial charge is 0.194 e. The van der Waals surface area contributed by atoms with E-state index in [-0.39, 0.29) is 12.2 Å². The predicted octanol–water partition coefficient (Wildman–Crippen LogP) is 5.04. The first kappa shape index (κ1) is 19.2. The molecule has 0 bridgehead atoms. The van der Waals surface area contributed by atoms with Crippen molar-refractivity contribution in [3.8, 4) is 11.3 Å². The number of carbonyl (C=O) groups excluding carboxylic acids is 1. The fraction of sp³-hybridized carbons (Fsp3) is 0.0909. The van der Waals surface area contributed by atoms with Crippen LogP contribution >= 0.6 is 11.3 Å². The molecule has 0 radical (unpaired) electrons. The molecular formula is C22H16F2N2O2S. The van der Waals surface area contributed by atoms with Crippen LogP contribution in [0.4, 0.5) is 8.78 Å². The molecule has 2 aromatic heterocycles. The maximum absolute atomic E-state index is 13.4. The number of aryl methyl sites for hydroxylation is 1. The van der Waals surface area contributed by atoms with E-state index in [2.05, 4.69) is 4.98 Å². The third-order valence-corrected chi connectivity index (χ3v) is 5.33. The van der Waals surface area contributed by atoms with Crippen LogP contribution in [0.3, 0.4) is 0 Å². The number of imidazole rings is 1. The molecule has 2 aromatic carbocycles. The maximum Gasteiger partial charge on any atom is 0.194 e. The van der Waals surface area contributed by atoms with Gasteiger partial charge in [-0.25, -0.2) is 13.8 Å². The van der Waals surface area contributed by atoms with E-state index in [0.29, 0.717) is 11.4 Å². The lowest BCUT2D eigenvalue weighted by Crippen LogP contribution is -1.97. The van der Waals surface area contributed by atoms with E-state index < -0.39 is 17.4 Å². The van der Waals surface area contributed by atoms with E-state index >= 15 is 0 Å². The summed E-state index contributed by atoms with van der Waals surface area (Å²) < 4.78 is 28.7. The minimum atomic E-state index is -0.799. The number of aromatic nitrogens is 2. The molecule has 146 valence electrons. The van der Waals surface area contributed by atoms with Gasteiger partial charge in [-0.3, -0.25) is 9.20 Å². The van der Waals surface area contributed by atoms with E-state index in [4.69, 9.17) is 0 Å². The van der Waals surface area contributed by atoms with Gasteiger partial charge in [-0.1, -0.05) is 24.3 Å². The number of aliphatic hydroxyl groups excluding tert-OH is 1. The molecule has 1 N–H and O–H groups in total. The molecule has 0 unspecified atom stereocenters. The zero-order valence-electron chi connectivity index (χ0n) is 15.4. The van der Waals surface area contributed by atoms with Gasteiger partial charge in [0.2, 0.25) is 0 Å². The quantitative estimate of drug-likeness (QED) is 0.371. The summed E-state index contributed by atoms with van der Waals surface area (Å²) in [7, 11) is 0. The van der Waals surface area contributed by atoms with Gasteiger partial charge in [0.25, 0.3) is 0 Å². The van der Waals surface area contributed by atoms with Gasteiger partial charge in [-0.05, 0) is 36.8 Å². The third kappa shape index (κ3) is 3.87. The fourth-order valence-corrected chi connectivity index (χ4v) is 3.89. The largest absolute Gasteiger partial charge is 0.392 e. The fourth-order valence-electron chi connectivity index (χ4n) is 3.06. The van der Waals surface area contributed by atoms with Crippen molar-refractivity contribution in [1.82, 2.24) is 9.38 Å². The SMILES string of the molecule is Cc1cn2c(C=CC(=O)c3cc(F)cc(F)c3)c(-c3ccc(CO)cc3)nc2s1. The van der Waals surface area contributed by atoms with Crippen LogP contribution in [0.2, 0.25) is 0 Å². The van der Waals surface area contributed by atoms with Gasteiger partial charge in [0, 0.05) is 28.3 Å². The number of nitrogens with zero attached hydrogens (tertiary/aromatic N) is 2. The zero-order valence-corrected chi connectivity index (χ0v) is 16.2. The first-order valence-electron chi connectivity index (χ1n) is 8.82. The number of carbonyl (C=O) groups is 1. The summed E-state index contributed by atoms with van der Waals surface area (Å²) in [6.45, 7) is 1.91. The summed E-state index contributed by atoms with van der Waals surface area (Å²) in [6, 6.07) is 10.1. The van der Waals surface area contributed by atoms with Crippen molar-refractivity contribution in [1.29, 1.82) is 0 Å². The summed E-state index contributed by atoms with van der Waals surface area (Å²) in [5.41, 5.74) is 2.92. The van der Waals surface area contributed by atoms with E-state index in [9.17, 15) is 18.7 Å². The number of rotatable bonds is 5. The van der Waals surface area contributed by atoms with Crippen molar-refractivity contribution in [2.45, 2.75) is 13.5 Å². The molecule has 4 aromatic rings. The van der Waals surface area contributed by atoms with Crippen LogP contribution in [0, 0.1) is 18.6 Å². The van der Waals surface area contributed by atoms with E-state index in [1.807, 2.05) is 41.8 Å². The second kappa shape index (κ2) is 7.69. The number of fused-ring (bicyclic) bond motifs is 1. The molecular weight excluding hydrogens is 394 g/mol. The van der Waals surface area contributed by atoms with Crippen molar-refractivity contribution in [3.05, 3.63) is 88.1 Å². The van der Waals surface area contributed by atoms with E-state index in [0.717, 1.165) is 39.2 Å². The molecule has 7 heteroatoms. The Morgan fingerprint density at radius 2 is 1.86 bits per heavy atom. The summed E-state index contributed by atoms with van der Waals surface area (Å²) in [4.78, 5) is 18.9. The number of allylic oxidation sites excluding steroid dienone is 1. The highest BCUT2D eigenvalue weighted by Gasteiger charge is 2.15. The summed E-state index contributed by atoms with van der Waals surface area (Å²) in [6.07, 6.45) is 4.81. The summed E-state index contributed by atoms with van der Waals surface area (Å²) in [5, 5.41) is 9.24. The van der Waals surface area contributed by atoms with Crippen LogP contribution in [0.1, 0.15) is 26.5 Å². The van der Waals surface area contributed by atoms with Gasteiger partial charge in [-0.2, -0.15) is 0 Å². The molecule has 0 aliphatic rings. The van der Waals surface area contributed by atoms with Crippen molar-refractivity contribution in [2.75, 3.05) is 0 Å². The first-order chi connectivity index (χ1) is 13.9. The molecule has 0 aliphatic carbocycles. The lowest BCUT2D eigenvalue weighted by atomic mass is 10.1. The molecule has 0 fully saturated rings. The van der Waals surface area contributed by atoms with E-state index in [1.54, 1.807) is 6.08 Å². The topological polar surface area (TPSA) is 54.6 Å². The van der Waals surface area contributed by atoms with Crippen LogP contribution in [-0.4, -0.2) is 20.3 Å². The maximum atomic E-state index is 13.4. The molecule has 0 saturated carbocycles. The Labute approximate surface area is 169 Å². The molecule has 0 saturated heterocycles.